The number of halogens is 2. The molecule has 1 heterocycles. The van der Waals surface area contributed by atoms with Crippen molar-refractivity contribution in [1.29, 1.82) is 0 Å². The van der Waals surface area contributed by atoms with E-state index in [1.54, 1.807) is 16.4 Å². The predicted octanol–water partition coefficient (Wildman–Crippen LogP) is 3.87. The van der Waals surface area contributed by atoms with E-state index >= 15 is 0 Å². The molecule has 0 bridgehead atoms. The summed E-state index contributed by atoms with van der Waals surface area (Å²) in [6, 6.07) is 8.55. The Morgan fingerprint density at radius 1 is 1.32 bits per heavy atom. The van der Waals surface area contributed by atoms with Crippen LogP contribution in [-0.4, -0.2) is 20.9 Å². The van der Waals surface area contributed by atoms with Gasteiger partial charge in [-0.15, -0.1) is 0 Å². The topological polar surface area (TPSA) is 67.2 Å². The molecule has 1 aromatic heterocycles. The molecule has 7 heteroatoms. The van der Waals surface area contributed by atoms with E-state index in [4.69, 9.17) is 0 Å². The Balaban J connectivity index is 1.77. The van der Waals surface area contributed by atoms with E-state index in [0.717, 1.165) is 22.5 Å². The van der Waals surface area contributed by atoms with Crippen LogP contribution < -0.4 is 5.48 Å². The Bertz CT molecular complexity index is 1080. The Morgan fingerprint density at radius 3 is 2.86 bits per heavy atom. The van der Waals surface area contributed by atoms with Crippen LogP contribution in [0.1, 0.15) is 41.9 Å². The van der Waals surface area contributed by atoms with Crippen molar-refractivity contribution in [3.8, 4) is 0 Å². The number of hydroxylamine groups is 1. The Kier molecular flexibility index (Phi) is 4.42. The van der Waals surface area contributed by atoms with E-state index in [2.05, 4.69) is 11.2 Å². The number of rotatable bonds is 3. The highest BCUT2D eigenvalue weighted by atomic mass is 19.2. The summed E-state index contributed by atoms with van der Waals surface area (Å²) in [5, 5.41) is 14.6. The van der Waals surface area contributed by atoms with Gasteiger partial charge in [0.15, 0.2) is 11.6 Å². The van der Waals surface area contributed by atoms with Crippen LogP contribution in [0.3, 0.4) is 0 Å². The van der Waals surface area contributed by atoms with Crippen LogP contribution in [0.15, 0.2) is 36.5 Å². The van der Waals surface area contributed by atoms with E-state index in [9.17, 15) is 18.8 Å². The van der Waals surface area contributed by atoms with E-state index in [1.165, 1.54) is 13.0 Å². The highest BCUT2D eigenvalue weighted by Gasteiger charge is 2.48. The lowest BCUT2D eigenvalue weighted by Crippen LogP contribution is -2.42. The van der Waals surface area contributed by atoms with Crippen molar-refractivity contribution in [3.63, 3.8) is 0 Å². The van der Waals surface area contributed by atoms with Crippen molar-refractivity contribution in [2.24, 2.45) is 7.05 Å². The molecular weight excluding hydrogens is 364 g/mol. The number of fused-ring (bicyclic) bond motifs is 1. The van der Waals surface area contributed by atoms with Crippen molar-refractivity contribution < 1.29 is 18.8 Å². The van der Waals surface area contributed by atoms with Gasteiger partial charge in [0.2, 0.25) is 0 Å². The van der Waals surface area contributed by atoms with Crippen LogP contribution in [0.4, 0.5) is 8.78 Å². The number of aromatic nitrogens is 2. The maximum atomic E-state index is 14.2. The number of amides is 1. The Labute approximate surface area is 160 Å². The molecule has 1 aliphatic carbocycles. The SMILES string of the molecule is Cc1c([C@]2(C(=O)NO)CCC(c3ccc4cnn(C)c4c3)C2)ccc(F)c1F. The summed E-state index contributed by atoms with van der Waals surface area (Å²) in [4.78, 5) is 12.7. The average molecular weight is 385 g/mol. The van der Waals surface area contributed by atoms with Crippen molar-refractivity contribution in [2.75, 3.05) is 0 Å². The number of hydrogen-bond acceptors (Lipinski definition) is 3. The Hall–Kier alpha value is -2.80. The van der Waals surface area contributed by atoms with Crippen molar-refractivity contribution in [2.45, 2.75) is 37.5 Å². The molecule has 0 radical (unpaired) electrons. The molecular formula is C21H21F2N3O2. The molecule has 1 fully saturated rings. The quantitative estimate of drug-likeness (QED) is 0.531. The van der Waals surface area contributed by atoms with Gasteiger partial charge in [0.25, 0.3) is 5.91 Å². The second-order valence-corrected chi connectivity index (χ2v) is 7.58. The molecule has 28 heavy (non-hydrogen) atoms. The zero-order valence-corrected chi connectivity index (χ0v) is 15.7. The summed E-state index contributed by atoms with van der Waals surface area (Å²) in [5.41, 5.74) is 3.21. The summed E-state index contributed by atoms with van der Waals surface area (Å²) in [6.45, 7) is 1.47. The van der Waals surface area contributed by atoms with Crippen molar-refractivity contribution in [3.05, 3.63) is 64.9 Å². The van der Waals surface area contributed by atoms with E-state index in [-0.39, 0.29) is 11.5 Å². The number of carbonyl (C=O) groups excluding carboxylic acids is 1. The minimum absolute atomic E-state index is 0.0455. The second-order valence-electron chi connectivity index (χ2n) is 7.58. The molecule has 2 atom stereocenters. The normalized spacial score (nSPS) is 22.0. The predicted molar refractivity (Wildman–Crippen MR) is 100 cm³/mol. The van der Waals surface area contributed by atoms with Gasteiger partial charge in [-0.3, -0.25) is 14.7 Å². The Morgan fingerprint density at radius 2 is 2.11 bits per heavy atom. The minimum Gasteiger partial charge on any atom is -0.289 e. The van der Waals surface area contributed by atoms with Gasteiger partial charge < -0.3 is 0 Å². The number of aryl methyl sites for hydroxylation is 1. The van der Waals surface area contributed by atoms with Gasteiger partial charge in [0.05, 0.1) is 17.1 Å². The zero-order chi connectivity index (χ0) is 20.1. The third-order valence-corrected chi connectivity index (χ3v) is 6.15. The van der Waals surface area contributed by atoms with Gasteiger partial charge in [-0.2, -0.15) is 5.10 Å². The molecule has 2 N–H and O–H groups in total. The van der Waals surface area contributed by atoms with Crippen LogP contribution in [0.2, 0.25) is 0 Å². The number of benzene rings is 2. The molecule has 4 rings (SSSR count). The van der Waals surface area contributed by atoms with Crippen molar-refractivity contribution in [1.82, 2.24) is 15.3 Å². The maximum absolute atomic E-state index is 14.2. The molecule has 0 spiro atoms. The van der Waals surface area contributed by atoms with Gasteiger partial charge in [-0.1, -0.05) is 18.2 Å². The molecule has 146 valence electrons. The summed E-state index contributed by atoms with van der Waals surface area (Å²) < 4.78 is 29.6. The third-order valence-electron chi connectivity index (χ3n) is 6.15. The van der Waals surface area contributed by atoms with Gasteiger partial charge in [0.1, 0.15) is 0 Å². The minimum atomic E-state index is -1.11. The smallest absolute Gasteiger partial charge is 0.254 e. The molecule has 2 aromatic carbocycles. The number of nitrogens with one attached hydrogen (secondary N) is 1. The van der Waals surface area contributed by atoms with Crippen LogP contribution in [0.25, 0.3) is 10.9 Å². The molecule has 0 aliphatic heterocycles. The fourth-order valence-corrected chi connectivity index (χ4v) is 4.60. The molecule has 0 saturated heterocycles. The first-order valence-corrected chi connectivity index (χ1v) is 9.18. The molecule has 1 aliphatic rings. The van der Waals surface area contributed by atoms with Crippen LogP contribution >= 0.6 is 0 Å². The number of hydrogen-bond donors (Lipinski definition) is 2. The second kappa shape index (κ2) is 6.67. The van der Waals surface area contributed by atoms with Crippen LogP contribution in [0.5, 0.6) is 0 Å². The lowest BCUT2D eigenvalue weighted by molar-refractivity contribution is -0.135. The molecule has 1 unspecified atom stereocenters. The number of nitrogens with zero attached hydrogens (tertiary/aromatic N) is 2. The summed E-state index contributed by atoms with van der Waals surface area (Å²) in [6.07, 6.45) is 3.31. The van der Waals surface area contributed by atoms with E-state index < -0.39 is 23.0 Å². The molecule has 1 amide bonds. The number of carbonyl (C=O) groups is 1. The van der Waals surface area contributed by atoms with Crippen LogP contribution in [0, 0.1) is 18.6 Å². The standard InChI is InChI=1S/C21H21F2N3O2/c1-12-16(5-6-17(22)19(12)23)21(20(27)25-28)8-7-14(10-21)13-3-4-15-11-24-26(2)18(15)9-13/h3-6,9,11,14,28H,7-8,10H2,1-2H3,(H,25,27)/t14?,21-/m0/s1. The molecule has 3 aromatic rings. The lowest BCUT2D eigenvalue weighted by atomic mass is 9.75. The first-order valence-electron chi connectivity index (χ1n) is 9.18. The highest BCUT2D eigenvalue weighted by molar-refractivity contribution is 5.88. The molecule has 5 nitrogen and oxygen atoms in total. The zero-order valence-electron chi connectivity index (χ0n) is 15.7. The van der Waals surface area contributed by atoms with Gasteiger partial charge in [-0.25, -0.2) is 14.3 Å². The van der Waals surface area contributed by atoms with Gasteiger partial charge >= 0.3 is 0 Å². The monoisotopic (exact) mass is 385 g/mol. The fraction of sp³-hybridized carbons (Fsp3) is 0.333. The highest BCUT2D eigenvalue weighted by Crippen LogP contribution is 2.50. The fourth-order valence-electron chi connectivity index (χ4n) is 4.60. The van der Waals surface area contributed by atoms with Crippen LogP contribution in [-0.2, 0) is 17.3 Å². The average Bonchev–Trinajstić information content (AvgIpc) is 3.30. The molecule has 1 saturated carbocycles. The summed E-state index contributed by atoms with van der Waals surface area (Å²) in [5.74, 6) is -2.45. The first kappa shape index (κ1) is 18.6. The van der Waals surface area contributed by atoms with Crippen molar-refractivity contribution >= 4 is 16.8 Å². The van der Waals surface area contributed by atoms with Gasteiger partial charge in [-0.05, 0) is 60.9 Å². The summed E-state index contributed by atoms with van der Waals surface area (Å²) >= 11 is 0. The largest absolute Gasteiger partial charge is 0.289 e. The van der Waals surface area contributed by atoms with E-state index in [1.807, 2.05) is 19.2 Å². The lowest BCUT2D eigenvalue weighted by Gasteiger charge is -2.29. The summed E-state index contributed by atoms with van der Waals surface area (Å²) in [7, 11) is 1.87. The van der Waals surface area contributed by atoms with Gasteiger partial charge in [0, 0.05) is 12.4 Å². The first-order chi connectivity index (χ1) is 13.4. The van der Waals surface area contributed by atoms with E-state index in [0.29, 0.717) is 24.8 Å². The maximum Gasteiger partial charge on any atom is 0.254 e. The third kappa shape index (κ3) is 2.69.